The van der Waals surface area contributed by atoms with E-state index in [9.17, 15) is 5.11 Å². The summed E-state index contributed by atoms with van der Waals surface area (Å²) in [4.78, 5) is 2.08. The molecule has 2 atom stereocenters. The molecule has 154 valence electrons. The maximum Gasteiger partial charge on any atom is 0.152 e. The van der Waals surface area contributed by atoms with Gasteiger partial charge in [0, 0.05) is 24.7 Å². The molecule has 2 heterocycles. The van der Waals surface area contributed by atoms with E-state index in [-0.39, 0.29) is 0 Å². The van der Waals surface area contributed by atoms with Gasteiger partial charge in [0.25, 0.3) is 0 Å². The molecular weight excluding hydrogens is 374 g/mol. The molecule has 6 heteroatoms. The number of aromatic nitrogens is 2. The molecule has 0 amide bonds. The molecule has 2 N–H and O–H groups in total. The number of benzene rings is 2. The molecule has 3 aromatic rings. The lowest BCUT2D eigenvalue weighted by atomic mass is 10.0. The van der Waals surface area contributed by atoms with Gasteiger partial charge in [-0.05, 0) is 57.1 Å². The van der Waals surface area contributed by atoms with Crippen LogP contribution in [-0.4, -0.2) is 46.0 Å². The van der Waals surface area contributed by atoms with Crippen LogP contribution in [0.25, 0.3) is 16.9 Å². The van der Waals surface area contributed by atoms with E-state index in [0.717, 1.165) is 42.9 Å². The number of aliphatic hydroxyl groups is 1. The lowest BCUT2D eigenvalue weighted by molar-refractivity contribution is -0.0202. The van der Waals surface area contributed by atoms with Crippen molar-refractivity contribution in [3.8, 4) is 23.0 Å². The van der Waals surface area contributed by atoms with Crippen LogP contribution in [0, 0.1) is 18.3 Å². The minimum atomic E-state index is -0.759. The fraction of sp³-hybridized carbons (Fsp3) is 0.333. The maximum absolute atomic E-state index is 11.1. The fourth-order valence-electron chi connectivity index (χ4n) is 3.98. The van der Waals surface area contributed by atoms with Crippen LogP contribution in [0.15, 0.2) is 54.6 Å². The lowest BCUT2D eigenvalue weighted by Gasteiger charge is -2.35. The van der Waals surface area contributed by atoms with Gasteiger partial charge in [-0.1, -0.05) is 29.8 Å². The minimum absolute atomic E-state index is 0.380. The van der Waals surface area contributed by atoms with Gasteiger partial charge in [0.2, 0.25) is 0 Å². The smallest absolute Gasteiger partial charge is 0.152 e. The van der Waals surface area contributed by atoms with Crippen LogP contribution in [0.4, 0.5) is 0 Å². The number of likely N-dealkylation sites (tertiary alicyclic amines) is 1. The number of likely N-dealkylation sites (N-methyl/N-ethyl adjacent to an activating group) is 1. The van der Waals surface area contributed by atoms with E-state index in [1.54, 1.807) is 12.1 Å². The van der Waals surface area contributed by atoms with E-state index in [2.05, 4.69) is 35.3 Å². The summed E-state index contributed by atoms with van der Waals surface area (Å²) in [6.45, 7) is 3.70. The van der Waals surface area contributed by atoms with Gasteiger partial charge in [-0.15, -0.1) is 0 Å². The zero-order valence-electron chi connectivity index (χ0n) is 17.4. The molecule has 0 spiro atoms. The van der Waals surface area contributed by atoms with Crippen molar-refractivity contribution in [2.45, 2.75) is 32.0 Å². The Morgan fingerprint density at radius 1 is 1.17 bits per heavy atom. The summed E-state index contributed by atoms with van der Waals surface area (Å²) in [6, 6.07) is 20.1. The number of aliphatic hydroxyl groups excluding tert-OH is 1. The van der Waals surface area contributed by atoms with Gasteiger partial charge < -0.3 is 10.4 Å². The summed E-state index contributed by atoms with van der Waals surface area (Å²) in [7, 11) is 1.97. The highest BCUT2D eigenvalue weighted by molar-refractivity contribution is 5.64. The average molecular weight is 402 g/mol. The van der Waals surface area contributed by atoms with Crippen LogP contribution < -0.4 is 5.32 Å². The average Bonchev–Trinajstić information content (AvgIpc) is 3.24. The lowest BCUT2D eigenvalue weighted by Crippen LogP contribution is -2.45. The zero-order chi connectivity index (χ0) is 21.1. The number of rotatable bonds is 5. The summed E-state index contributed by atoms with van der Waals surface area (Å²) < 4.78 is 1.87. The van der Waals surface area contributed by atoms with Gasteiger partial charge >= 0.3 is 0 Å². The van der Waals surface area contributed by atoms with Gasteiger partial charge in [0.1, 0.15) is 5.69 Å². The number of hydrogen-bond acceptors (Lipinski definition) is 5. The van der Waals surface area contributed by atoms with Crippen LogP contribution in [-0.2, 0) is 0 Å². The van der Waals surface area contributed by atoms with E-state index in [4.69, 9.17) is 10.4 Å². The topological polar surface area (TPSA) is 77.1 Å². The van der Waals surface area contributed by atoms with Gasteiger partial charge in [0.05, 0.1) is 23.0 Å². The standard InChI is InChI=1S/C24H27N5O/c1-17-5-11-21(12-6-17)29-23(19-9-7-18(15-25)8-10-19)14-22(27-29)24(30)28-13-3-4-20(16-28)26-2/h5-12,14,20,24,26,30H,3-4,13,16H2,1-2H3/t20-,24?/m1/s1. The van der Waals surface area contributed by atoms with Gasteiger partial charge in [-0.25, -0.2) is 4.68 Å². The molecule has 2 aromatic carbocycles. The number of hydrogen-bond donors (Lipinski definition) is 2. The molecule has 30 heavy (non-hydrogen) atoms. The Hall–Kier alpha value is -2.98. The second-order valence-electron chi connectivity index (χ2n) is 7.89. The molecule has 0 bridgehead atoms. The van der Waals surface area contributed by atoms with Crippen LogP contribution >= 0.6 is 0 Å². The summed E-state index contributed by atoms with van der Waals surface area (Å²) in [5.41, 5.74) is 5.20. The highest BCUT2D eigenvalue weighted by Crippen LogP contribution is 2.29. The first-order valence-corrected chi connectivity index (χ1v) is 10.4. The molecule has 1 aliphatic rings. The van der Waals surface area contributed by atoms with Crippen molar-refractivity contribution >= 4 is 0 Å². The summed E-state index contributed by atoms with van der Waals surface area (Å²) in [6.07, 6.45) is 1.41. The molecule has 0 saturated carbocycles. The van der Waals surface area contributed by atoms with Crippen LogP contribution in [0.2, 0.25) is 0 Å². The molecule has 0 radical (unpaired) electrons. The Morgan fingerprint density at radius 2 is 1.90 bits per heavy atom. The normalized spacial score (nSPS) is 18.1. The van der Waals surface area contributed by atoms with E-state index in [1.807, 2.05) is 42.1 Å². The number of aryl methyl sites for hydroxylation is 1. The van der Waals surface area contributed by atoms with Crippen molar-refractivity contribution in [1.29, 1.82) is 5.26 Å². The van der Waals surface area contributed by atoms with E-state index in [0.29, 0.717) is 17.3 Å². The summed E-state index contributed by atoms with van der Waals surface area (Å²) in [5, 5.41) is 28.3. The van der Waals surface area contributed by atoms with Crippen molar-refractivity contribution in [3.05, 3.63) is 71.4 Å². The third kappa shape index (κ3) is 4.14. The van der Waals surface area contributed by atoms with Crippen molar-refractivity contribution in [2.24, 2.45) is 0 Å². The third-order valence-electron chi connectivity index (χ3n) is 5.79. The predicted molar refractivity (Wildman–Crippen MR) is 117 cm³/mol. The van der Waals surface area contributed by atoms with Crippen molar-refractivity contribution < 1.29 is 5.11 Å². The molecule has 1 saturated heterocycles. The van der Waals surface area contributed by atoms with E-state index in [1.165, 1.54) is 5.56 Å². The van der Waals surface area contributed by atoms with Crippen molar-refractivity contribution in [2.75, 3.05) is 20.1 Å². The maximum atomic E-state index is 11.1. The number of nitrogens with one attached hydrogen (secondary N) is 1. The van der Waals surface area contributed by atoms with E-state index >= 15 is 0 Å². The Balaban J connectivity index is 1.73. The minimum Gasteiger partial charge on any atom is -0.372 e. The fourth-order valence-corrected chi connectivity index (χ4v) is 3.98. The van der Waals surface area contributed by atoms with Crippen LogP contribution in [0.3, 0.4) is 0 Å². The predicted octanol–water partition coefficient (Wildman–Crippen LogP) is 3.39. The highest BCUT2D eigenvalue weighted by atomic mass is 16.3. The Bertz CT molecular complexity index is 1030. The van der Waals surface area contributed by atoms with Crippen molar-refractivity contribution in [3.63, 3.8) is 0 Å². The van der Waals surface area contributed by atoms with Gasteiger partial charge in [-0.3, -0.25) is 4.90 Å². The molecule has 4 rings (SSSR count). The number of piperidine rings is 1. The first-order chi connectivity index (χ1) is 14.6. The van der Waals surface area contributed by atoms with Crippen LogP contribution in [0.1, 0.15) is 35.9 Å². The third-order valence-corrected chi connectivity index (χ3v) is 5.79. The highest BCUT2D eigenvalue weighted by Gasteiger charge is 2.27. The Labute approximate surface area is 177 Å². The van der Waals surface area contributed by atoms with Gasteiger partial charge in [0.15, 0.2) is 6.23 Å². The monoisotopic (exact) mass is 401 g/mol. The Kier molecular flexibility index (Phi) is 5.96. The second-order valence-corrected chi connectivity index (χ2v) is 7.89. The number of nitriles is 1. The first-order valence-electron chi connectivity index (χ1n) is 10.4. The van der Waals surface area contributed by atoms with Crippen molar-refractivity contribution in [1.82, 2.24) is 20.0 Å². The molecule has 0 aliphatic carbocycles. The quantitative estimate of drug-likeness (QED) is 0.685. The first kappa shape index (κ1) is 20.3. The van der Waals surface area contributed by atoms with Gasteiger partial charge in [-0.2, -0.15) is 10.4 Å². The summed E-state index contributed by atoms with van der Waals surface area (Å²) in [5.74, 6) is 0. The SMILES string of the molecule is CN[C@@H]1CCCN(C(O)c2cc(-c3ccc(C#N)cc3)n(-c3ccc(C)cc3)n2)C1. The zero-order valence-corrected chi connectivity index (χ0v) is 17.4. The van der Waals surface area contributed by atoms with Crippen LogP contribution in [0.5, 0.6) is 0 Å². The molecule has 1 fully saturated rings. The molecule has 1 aromatic heterocycles. The second kappa shape index (κ2) is 8.80. The number of nitrogens with zero attached hydrogens (tertiary/aromatic N) is 4. The molecule has 1 unspecified atom stereocenters. The Morgan fingerprint density at radius 3 is 2.57 bits per heavy atom. The molecule has 1 aliphatic heterocycles. The largest absolute Gasteiger partial charge is 0.372 e. The molecular formula is C24H27N5O. The molecule has 6 nitrogen and oxygen atoms in total. The van der Waals surface area contributed by atoms with E-state index < -0.39 is 6.23 Å². The summed E-state index contributed by atoms with van der Waals surface area (Å²) >= 11 is 0.